The lowest BCUT2D eigenvalue weighted by Crippen LogP contribution is -2.25. The number of nitrogens with one attached hydrogen (secondary N) is 2. The van der Waals surface area contributed by atoms with Gasteiger partial charge < -0.3 is 20.3 Å². The number of amides is 1. The van der Waals surface area contributed by atoms with Gasteiger partial charge in [0.05, 0.1) is 5.69 Å². The second-order valence-electron chi connectivity index (χ2n) is 5.46. The van der Waals surface area contributed by atoms with E-state index in [9.17, 15) is 4.79 Å². The minimum absolute atomic E-state index is 0.0719. The van der Waals surface area contributed by atoms with Gasteiger partial charge in [-0.1, -0.05) is 12.1 Å². The molecule has 1 amide bonds. The zero-order chi connectivity index (χ0) is 15.5. The van der Waals surface area contributed by atoms with Gasteiger partial charge in [0.25, 0.3) is 5.91 Å². The lowest BCUT2D eigenvalue weighted by molar-refractivity contribution is -0.118. The van der Waals surface area contributed by atoms with Crippen molar-refractivity contribution in [2.75, 3.05) is 36.2 Å². The highest BCUT2D eigenvalue weighted by atomic mass is 16.5. The Kier molecular flexibility index (Phi) is 3.87. The number of rotatable bonds is 4. The van der Waals surface area contributed by atoms with E-state index in [0.717, 1.165) is 17.9 Å². The molecule has 0 unspecified atom stereocenters. The van der Waals surface area contributed by atoms with E-state index in [1.54, 1.807) is 0 Å². The summed E-state index contributed by atoms with van der Waals surface area (Å²) >= 11 is 0. The fourth-order valence-corrected chi connectivity index (χ4v) is 2.30. The SMILES string of the molecule is CN(C)c1ccc(CNc2ccc3c(c2)OCC(=O)N3)cc1. The van der Waals surface area contributed by atoms with Crippen LogP contribution >= 0.6 is 0 Å². The third-order valence-electron chi connectivity index (χ3n) is 3.56. The monoisotopic (exact) mass is 297 g/mol. The van der Waals surface area contributed by atoms with Crippen LogP contribution in [0.2, 0.25) is 0 Å². The lowest BCUT2D eigenvalue weighted by atomic mass is 10.2. The number of carbonyl (C=O) groups excluding carboxylic acids is 1. The molecule has 114 valence electrons. The Labute approximate surface area is 129 Å². The normalized spacial score (nSPS) is 12.9. The lowest BCUT2D eigenvalue weighted by Gasteiger charge is -2.19. The number of ether oxygens (including phenoxy) is 1. The molecule has 5 nitrogen and oxygen atoms in total. The van der Waals surface area contributed by atoms with E-state index < -0.39 is 0 Å². The third kappa shape index (κ3) is 3.14. The summed E-state index contributed by atoms with van der Waals surface area (Å²) < 4.78 is 5.41. The summed E-state index contributed by atoms with van der Waals surface area (Å²) in [5.74, 6) is 0.585. The van der Waals surface area contributed by atoms with Gasteiger partial charge in [-0.2, -0.15) is 0 Å². The second-order valence-corrected chi connectivity index (χ2v) is 5.46. The molecule has 0 bridgehead atoms. The van der Waals surface area contributed by atoms with Crippen molar-refractivity contribution in [2.45, 2.75) is 6.54 Å². The Bertz CT molecular complexity index is 681. The zero-order valence-electron chi connectivity index (χ0n) is 12.7. The maximum atomic E-state index is 11.2. The van der Waals surface area contributed by atoms with Crippen molar-refractivity contribution in [1.29, 1.82) is 0 Å². The van der Waals surface area contributed by atoms with Crippen molar-refractivity contribution in [2.24, 2.45) is 0 Å². The highest BCUT2D eigenvalue weighted by Gasteiger charge is 2.15. The van der Waals surface area contributed by atoms with Gasteiger partial charge in [-0.15, -0.1) is 0 Å². The van der Waals surface area contributed by atoms with Crippen molar-refractivity contribution in [3.63, 3.8) is 0 Å². The highest BCUT2D eigenvalue weighted by molar-refractivity contribution is 5.95. The highest BCUT2D eigenvalue weighted by Crippen LogP contribution is 2.30. The Balaban J connectivity index is 1.65. The number of nitrogens with zero attached hydrogens (tertiary/aromatic N) is 1. The van der Waals surface area contributed by atoms with Crippen molar-refractivity contribution < 1.29 is 9.53 Å². The van der Waals surface area contributed by atoms with E-state index in [1.807, 2.05) is 32.3 Å². The van der Waals surface area contributed by atoms with Crippen LogP contribution in [0.5, 0.6) is 5.75 Å². The van der Waals surface area contributed by atoms with E-state index in [-0.39, 0.29) is 12.5 Å². The standard InChI is InChI=1S/C17H19N3O2/c1-20(2)14-6-3-12(4-7-14)10-18-13-5-8-15-16(9-13)22-11-17(21)19-15/h3-9,18H,10-11H2,1-2H3,(H,19,21). The summed E-state index contributed by atoms with van der Waals surface area (Å²) in [6, 6.07) is 14.1. The molecule has 0 aromatic heterocycles. The molecular formula is C17H19N3O2. The third-order valence-corrected chi connectivity index (χ3v) is 3.56. The smallest absolute Gasteiger partial charge is 0.262 e. The fraction of sp³-hybridized carbons (Fsp3) is 0.235. The molecule has 5 heteroatoms. The van der Waals surface area contributed by atoms with Gasteiger partial charge in [0, 0.05) is 38.1 Å². The quantitative estimate of drug-likeness (QED) is 0.911. The van der Waals surface area contributed by atoms with Crippen LogP contribution < -0.4 is 20.3 Å². The minimum atomic E-state index is -0.116. The first-order valence-electron chi connectivity index (χ1n) is 7.19. The molecule has 0 radical (unpaired) electrons. The predicted octanol–water partition coefficient (Wildman–Crippen LogP) is 2.70. The minimum Gasteiger partial charge on any atom is -0.482 e. The molecule has 0 spiro atoms. The average Bonchev–Trinajstić information content (AvgIpc) is 2.53. The Morgan fingerprint density at radius 2 is 1.95 bits per heavy atom. The average molecular weight is 297 g/mol. The van der Waals surface area contributed by atoms with Crippen LogP contribution in [0.15, 0.2) is 42.5 Å². The van der Waals surface area contributed by atoms with Crippen molar-refractivity contribution in [1.82, 2.24) is 0 Å². The first-order chi connectivity index (χ1) is 10.6. The van der Waals surface area contributed by atoms with E-state index in [2.05, 4.69) is 39.8 Å². The number of anilines is 3. The molecule has 0 atom stereocenters. The Morgan fingerprint density at radius 1 is 1.18 bits per heavy atom. The molecule has 3 rings (SSSR count). The number of benzene rings is 2. The first-order valence-corrected chi connectivity index (χ1v) is 7.19. The molecule has 0 fully saturated rings. The molecule has 2 aromatic carbocycles. The molecular weight excluding hydrogens is 278 g/mol. The van der Waals surface area contributed by atoms with Crippen molar-refractivity contribution in [3.05, 3.63) is 48.0 Å². The van der Waals surface area contributed by atoms with Crippen molar-refractivity contribution >= 4 is 23.0 Å². The summed E-state index contributed by atoms with van der Waals surface area (Å²) in [7, 11) is 4.05. The molecule has 2 N–H and O–H groups in total. The summed E-state index contributed by atoms with van der Waals surface area (Å²) in [6.45, 7) is 0.807. The van der Waals surface area contributed by atoms with Crippen LogP contribution in [0.1, 0.15) is 5.56 Å². The van der Waals surface area contributed by atoms with Gasteiger partial charge in [0.1, 0.15) is 5.75 Å². The van der Waals surface area contributed by atoms with Crippen LogP contribution in [0, 0.1) is 0 Å². The maximum Gasteiger partial charge on any atom is 0.262 e. The number of hydrogen-bond donors (Lipinski definition) is 2. The first kappa shape index (κ1) is 14.3. The van der Waals surface area contributed by atoms with Gasteiger partial charge in [-0.05, 0) is 29.8 Å². The van der Waals surface area contributed by atoms with Crippen LogP contribution in [0.25, 0.3) is 0 Å². The summed E-state index contributed by atoms with van der Waals surface area (Å²) in [5, 5.41) is 6.15. The topological polar surface area (TPSA) is 53.6 Å². The Hall–Kier alpha value is -2.69. The van der Waals surface area contributed by atoms with E-state index in [4.69, 9.17) is 4.74 Å². The Morgan fingerprint density at radius 3 is 2.68 bits per heavy atom. The van der Waals surface area contributed by atoms with E-state index >= 15 is 0 Å². The number of fused-ring (bicyclic) bond motifs is 1. The molecule has 1 aliphatic heterocycles. The summed E-state index contributed by atoms with van der Waals surface area (Å²) in [5.41, 5.74) is 4.07. The molecule has 1 aliphatic rings. The van der Waals surface area contributed by atoms with Crippen LogP contribution in [0.4, 0.5) is 17.1 Å². The number of carbonyl (C=O) groups is 1. The molecule has 0 aliphatic carbocycles. The van der Waals surface area contributed by atoms with Crippen LogP contribution in [-0.4, -0.2) is 26.6 Å². The molecule has 0 saturated carbocycles. The summed E-state index contributed by atoms with van der Waals surface area (Å²) in [4.78, 5) is 13.3. The van der Waals surface area contributed by atoms with Crippen molar-refractivity contribution in [3.8, 4) is 5.75 Å². The van der Waals surface area contributed by atoms with Gasteiger partial charge in [-0.3, -0.25) is 4.79 Å². The van der Waals surface area contributed by atoms with Gasteiger partial charge in [0.15, 0.2) is 6.61 Å². The van der Waals surface area contributed by atoms with Crippen LogP contribution in [0.3, 0.4) is 0 Å². The summed E-state index contributed by atoms with van der Waals surface area (Å²) in [6.07, 6.45) is 0. The van der Waals surface area contributed by atoms with E-state index in [1.165, 1.54) is 11.3 Å². The molecule has 0 saturated heterocycles. The second kappa shape index (κ2) is 5.97. The molecule has 2 aromatic rings. The molecule has 1 heterocycles. The largest absolute Gasteiger partial charge is 0.482 e. The zero-order valence-corrected chi connectivity index (χ0v) is 12.7. The molecule has 22 heavy (non-hydrogen) atoms. The van der Waals surface area contributed by atoms with Crippen LogP contribution in [-0.2, 0) is 11.3 Å². The van der Waals surface area contributed by atoms with E-state index in [0.29, 0.717) is 5.75 Å². The number of hydrogen-bond acceptors (Lipinski definition) is 4. The maximum absolute atomic E-state index is 11.2. The van der Waals surface area contributed by atoms with Gasteiger partial charge in [-0.25, -0.2) is 0 Å². The van der Waals surface area contributed by atoms with Gasteiger partial charge in [0.2, 0.25) is 0 Å². The predicted molar refractivity (Wildman–Crippen MR) is 88.7 cm³/mol. The fourth-order valence-electron chi connectivity index (χ4n) is 2.30. The van der Waals surface area contributed by atoms with Gasteiger partial charge >= 0.3 is 0 Å².